The summed E-state index contributed by atoms with van der Waals surface area (Å²) < 4.78 is 0. The lowest BCUT2D eigenvalue weighted by atomic mass is 9.94. The number of carbonyl (C=O) groups excluding carboxylic acids is 1. The Hall–Kier alpha value is -0.370. The molecule has 1 aliphatic heterocycles. The predicted molar refractivity (Wildman–Crippen MR) is 54.8 cm³/mol. The summed E-state index contributed by atoms with van der Waals surface area (Å²) >= 11 is 0. The van der Waals surface area contributed by atoms with Gasteiger partial charge in [0.1, 0.15) is 5.78 Å². The highest BCUT2D eigenvalue weighted by Crippen LogP contribution is 2.19. The first-order valence-corrected chi connectivity index (χ1v) is 5.50. The average Bonchev–Trinajstić information content (AvgIpc) is 2.19. The number of nitrogens with zero attached hydrogens (tertiary/aromatic N) is 1. The number of rotatable bonds is 4. The molecule has 0 bridgehead atoms. The number of hydrogen-bond donors (Lipinski definition) is 0. The van der Waals surface area contributed by atoms with Gasteiger partial charge in [0, 0.05) is 6.42 Å². The van der Waals surface area contributed by atoms with Crippen LogP contribution in [0, 0.1) is 5.92 Å². The van der Waals surface area contributed by atoms with Crippen LogP contribution < -0.4 is 0 Å². The lowest BCUT2D eigenvalue weighted by Gasteiger charge is -2.30. The van der Waals surface area contributed by atoms with E-state index in [1.165, 1.54) is 19.3 Å². The van der Waals surface area contributed by atoms with Crippen molar-refractivity contribution in [3.8, 4) is 0 Å². The van der Waals surface area contributed by atoms with Crippen molar-refractivity contribution >= 4 is 5.78 Å². The molecule has 76 valence electrons. The zero-order valence-corrected chi connectivity index (χ0v) is 8.88. The SMILES string of the molecule is CCC(=O)CN1CCC(CC)CC1. The van der Waals surface area contributed by atoms with Crippen molar-refractivity contribution in [1.29, 1.82) is 0 Å². The summed E-state index contributed by atoms with van der Waals surface area (Å²) in [5.74, 6) is 1.29. The minimum absolute atomic E-state index is 0.384. The summed E-state index contributed by atoms with van der Waals surface area (Å²) in [4.78, 5) is 13.5. The van der Waals surface area contributed by atoms with E-state index < -0.39 is 0 Å². The van der Waals surface area contributed by atoms with E-state index in [0.717, 1.165) is 19.0 Å². The molecule has 2 heteroatoms. The van der Waals surface area contributed by atoms with Crippen LogP contribution in [0.5, 0.6) is 0 Å². The number of likely N-dealkylation sites (tertiary alicyclic amines) is 1. The molecule has 0 aromatic heterocycles. The van der Waals surface area contributed by atoms with Gasteiger partial charge in [-0.15, -0.1) is 0 Å². The highest BCUT2D eigenvalue weighted by atomic mass is 16.1. The van der Waals surface area contributed by atoms with Gasteiger partial charge in [-0.1, -0.05) is 20.3 Å². The van der Waals surface area contributed by atoms with E-state index in [9.17, 15) is 4.79 Å². The van der Waals surface area contributed by atoms with E-state index in [2.05, 4.69) is 11.8 Å². The van der Waals surface area contributed by atoms with Gasteiger partial charge in [-0.2, -0.15) is 0 Å². The third-order valence-electron chi connectivity index (χ3n) is 3.08. The Morgan fingerprint density at radius 1 is 1.31 bits per heavy atom. The summed E-state index contributed by atoms with van der Waals surface area (Å²) in [5, 5.41) is 0. The van der Waals surface area contributed by atoms with Gasteiger partial charge in [0.2, 0.25) is 0 Å². The molecule has 0 spiro atoms. The summed E-state index contributed by atoms with van der Waals surface area (Å²) in [6.45, 7) is 7.15. The zero-order valence-electron chi connectivity index (χ0n) is 8.88. The zero-order chi connectivity index (χ0) is 9.68. The molecule has 0 aliphatic carbocycles. The maximum atomic E-state index is 11.2. The van der Waals surface area contributed by atoms with E-state index in [4.69, 9.17) is 0 Å². The van der Waals surface area contributed by atoms with Crippen molar-refractivity contribution in [2.24, 2.45) is 5.92 Å². The number of carbonyl (C=O) groups is 1. The van der Waals surface area contributed by atoms with Crippen LogP contribution in [-0.4, -0.2) is 30.3 Å². The standard InChI is InChI=1S/C11H21NO/c1-3-10-5-7-12(8-6-10)9-11(13)4-2/h10H,3-9H2,1-2H3. The van der Waals surface area contributed by atoms with Crippen LogP contribution in [0.4, 0.5) is 0 Å². The highest BCUT2D eigenvalue weighted by Gasteiger charge is 2.18. The molecule has 1 fully saturated rings. The Morgan fingerprint density at radius 3 is 2.38 bits per heavy atom. The molecule has 1 saturated heterocycles. The van der Waals surface area contributed by atoms with Crippen LogP contribution >= 0.6 is 0 Å². The molecule has 0 atom stereocenters. The number of ketones is 1. The fraction of sp³-hybridized carbons (Fsp3) is 0.909. The molecule has 0 unspecified atom stereocenters. The quantitative estimate of drug-likeness (QED) is 0.665. The molecule has 0 saturated carbocycles. The van der Waals surface area contributed by atoms with Crippen LogP contribution in [0.1, 0.15) is 39.5 Å². The minimum atomic E-state index is 0.384. The van der Waals surface area contributed by atoms with Crippen molar-refractivity contribution in [1.82, 2.24) is 4.90 Å². The van der Waals surface area contributed by atoms with Crippen molar-refractivity contribution in [3.05, 3.63) is 0 Å². The molecule has 0 radical (unpaired) electrons. The van der Waals surface area contributed by atoms with Gasteiger partial charge in [-0.05, 0) is 31.8 Å². The first-order chi connectivity index (χ1) is 6.26. The smallest absolute Gasteiger partial charge is 0.146 e. The Labute approximate surface area is 81.3 Å². The Kier molecular flexibility index (Phi) is 4.43. The van der Waals surface area contributed by atoms with Gasteiger partial charge >= 0.3 is 0 Å². The van der Waals surface area contributed by atoms with Crippen LogP contribution in [0.15, 0.2) is 0 Å². The predicted octanol–water partition coefficient (Wildman–Crippen LogP) is 2.09. The summed E-state index contributed by atoms with van der Waals surface area (Å²) in [6.07, 6.45) is 4.56. The lowest BCUT2D eigenvalue weighted by Crippen LogP contribution is -2.37. The summed E-state index contributed by atoms with van der Waals surface area (Å²) in [6, 6.07) is 0. The fourth-order valence-corrected chi connectivity index (χ4v) is 1.91. The van der Waals surface area contributed by atoms with E-state index in [1.807, 2.05) is 6.92 Å². The van der Waals surface area contributed by atoms with E-state index in [-0.39, 0.29) is 0 Å². The maximum absolute atomic E-state index is 11.2. The number of hydrogen-bond acceptors (Lipinski definition) is 2. The van der Waals surface area contributed by atoms with Gasteiger partial charge < -0.3 is 0 Å². The summed E-state index contributed by atoms with van der Waals surface area (Å²) in [7, 11) is 0. The molecular formula is C11H21NO. The van der Waals surface area contributed by atoms with Gasteiger partial charge in [0.15, 0.2) is 0 Å². The molecule has 1 rings (SSSR count). The second kappa shape index (κ2) is 5.38. The molecule has 2 nitrogen and oxygen atoms in total. The monoisotopic (exact) mass is 183 g/mol. The van der Waals surface area contributed by atoms with Crippen LogP contribution in [0.3, 0.4) is 0 Å². The third-order valence-corrected chi connectivity index (χ3v) is 3.08. The first kappa shape index (κ1) is 10.7. The van der Waals surface area contributed by atoms with Crippen molar-refractivity contribution < 1.29 is 4.79 Å². The average molecular weight is 183 g/mol. The Balaban J connectivity index is 2.21. The summed E-state index contributed by atoms with van der Waals surface area (Å²) in [5.41, 5.74) is 0. The van der Waals surface area contributed by atoms with Crippen LogP contribution in [-0.2, 0) is 4.79 Å². The van der Waals surface area contributed by atoms with Crippen LogP contribution in [0.2, 0.25) is 0 Å². The van der Waals surface area contributed by atoms with E-state index in [0.29, 0.717) is 18.7 Å². The lowest BCUT2D eigenvalue weighted by molar-refractivity contribution is -0.120. The van der Waals surface area contributed by atoms with Crippen molar-refractivity contribution in [3.63, 3.8) is 0 Å². The molecule has 13 heavy (non-hydrogen) atoms. The molecule has 0 aromatic carbocycles. The Morgan fingerprint density at radius 2 is 1.92 bits per heavy atom. The van der Waals surface area contributed by atoms with Crippen LogP contribution in [0.25, 0.3) is 0 Å². The molecular weight excluding hydrogens is 162 g/mol. The second-order valence-electron chi connectivity index (χ2n) is 4.02. The fourth-order valence-electron chi connectivity index (χ4n) is 1.91. The topological polar surface area (TPSA) is 20.3 Å². The molecule has 1 aliphatic rings. The third kappa shape index (κ3) is 3.47. The van der Waals surface area contributed by atoms with Gasteiger partial charge in [-0.3, -0.25) is 9.69 Å². The molecule has 1 heterocycles. The Bertz CT molecular complexity index is 159. The molecule has 0 aromatic rings. The van der Waals surface area contributed by atoms with Crippen molar-refractivity contribution in [2.45, 2.75) is 39.5 Å². The second-order valence-corrected chi connectivity index (χ2v) is 4.02. The molecule has 0 amide bonds. The largest absolute Gasteiger partial charge is 0.298 e. The van der Waals surface area contributed by atoms with E-state index >= 15 is 0 Å². The van der Waals surface area contributed by atoms with Crippen molar-refractivity contribution in [2.75, 3.05) is 19.6 Å². The maximum Gasteiger partial charge on any atom is 0.146 e. The van der Waals surface area contributed by atoms with E-state index in [1.54, 1.807) is 0 Å². The number of Topliss-reactive ketones (excluding diaryl/α,β-unsaturated/α-hetero) is 1. The van der Waals surface area contributed by atoms with Gasteiger partial charge in [-0.25, -0.2) is 0 Å². The van der Waals surface area contributed by atoms with Gasteiger partial charge in [0.25, 0.3) is 0 Å². The normalized spacial score (nSPS) is 20.5. The highest BCUT2D eigenvalue weighted by molar-refractivity contribution is 5.80. The first-order valence-electron chi connectivity index (χ1n) is 5.50. The minimum Gasteiger partial charge on any atom is -0.298 e. The van der Waals surface area contributed by atoms with Gasteiger partial charge in [0.05, 0.1) is 6.54 Å². The molecule has 0 N–H and O–H groups in total. The number of piperidine rings is 1.